The van der Waals surface area contributed by atoms with Gasteiger partial charge < -0.3 is 9.73 Å². The maximum atomic E-state index is 12.6. The van der Waals surface area contributed by atoms with E-state index in [1.54, 1.807) is 19.1 Å². The normalized spacial score (nSPS) is 10.8. The number of para-hydroxylation sites is 2. The molecule has 0 bridgehead atoms. The Morgan fingerprint density at radius 1 is 0.960 bits per heavy atom. The molecule has 0 saturated carbocycles. The number of carbonyl (C=O) groups is 1. The number of anilines is 1. The maximum absolute atomic E-state index is 12.6. The van der Waals surface area contributed by atoms with Crippen LogP contribution in [0.5, 0.6) is 0 Å². The molecule has 1 N–H and O–H groups in total. The minimum atomic E-state index is -0.297. The van der Waals surface area contributed by atoms with Crippen molar-refractivity contribution in [2.24, 2.45) is 0 Å². The predicted molar refractivity (Wildman–Crippen MR) is 94.2 cm³/mol. The van der Waals surface area contributed by atoms with E-state index in [1.807, 2.05) is 48.5 Å². The van der Waals surface area contributed by atoms with Gasteiger partial charge >= 0.3 is 0 Å². The molecule has 2 aromatic carbocycles. The van der Waals surface area contributed by atoms with E-state index in [-0.39, 0.29) is 5.91 Å². The number of rotatable bonds is 3. The van der Waals surface area contributed by atoms with Crippen molar-refractivity contribution in [3.63, 3.8) is 0 Å². The number of hydrogen-bond acceptors (Lipinski definition) is 5. The van der Waals surface area contributed by atoms with E-state index >= 15 is 0 Å². The first-order chi connectivity index (χ1) is 12.2. The van der Waals surface area contributed by atoms with E-state index in [2.05, 4.69) is 20.5 Å². The molecule has 0 spiro atoms. The molecule has 0 aliphatic carbocycles. The van der Waals surface area contributed by atoms with Crippen LogP contribution < -0.4 is 5.32 Å². The van der Waals surface area contributed by atoms with Crippen LogP contribution in [0.15, 0.2) is 65.1 Å². The minimum absolute atomic E-state index is 0.297. The minimum Gasteiger partial charge on any atom is -0.421 e. The van der Waals surface area contributed by atoms with Gasteiger partial charge in [0.2, 0.25) is 11.8 Å². The lowest BCUT2D eigenvalue weighted by atomic mass is 10.1. The molecule has 0 aliphatic rings. The second kappa shape index (κ2) is 6.16. The number of benzene rings is 2. The lowest BCUT2D eigenvalue weighted by molar-refractivity contribution is 0.102. The summed E-state index contributed by atoms with van der Waals surface area (Å²) in [7, 11) is 0. The fourth-order valence-corrected chi connectivity index (χ4v) is 2.56. The second-order valence-electron chi connectivity index (χ2n) is 5.52. The van der Waals surface area contributed by atoms with E-state index in [0.717, 1.165) is 10.9 Å². The first kappa shape index (κ1) is 15.0. The largest absolute Gasteiger partial charge is 0.421 e. The van der Waals surface area contributed by atoms with Crippen molar-refractivity contribution in [1.29, 1.82) is 0 Å². The molecule has 25 heavy (non-hydrogen) atoms. The highest BCUT2D eigenvalue weighted by molar-refractivity contribution is 6.05. The van der Waals surface area contributed by atoms with Crippen molar-refractivity contribution >= 4 is 22.5 Å². The molecule has 122 valence electrons. The SMILES string of the molecule is Cc1nnc(-c2ccccc2NC(=O)c2ccc3ccccc3n2)o1. The zero-order chi connectivity index (χ0) is 17.2. The average Bonchev–Trinajstić information content (AvgIpc) is 3.08. The molecule has 0 saturated heterocycles. The zero-order valence-electron chi connectivity index (χ0n) is 13.4. The summed E-state index contributed by atoms with van der Waals surface area (Å²) in [4.78, 5) is 17.0. The summed E-state index contributed by atoms with van der Waals surface area (Å²) in [6.07, 6.45) is 0. The fraction of sp³-hybridized carbons (Fsp3) is 0.0526. The van der Waals surface area contributed by atoms with Gasteiger partial charge in [-0.1, -0.05) is 36.4 Å². The second-order valence-corrected chi connectivity index (χ2v) is 5.52. The van der Waals surface area contributed by atoms with Crippen molar-refractivity contribution in [2.45, 2.75) is 6.92 Å². The highest BCUT2D eigenvalue weighted by Gasteiger charge is 2.15. The third kappa shape index (κ3) is 2.97. The van der Waals surface area contributed by atoms with Crippen LogP contribution in [-0.2, 0) is 0 Å². The van der Waals surface area contributed by atoms with E-state index in [1.165, 1.54) is 0 Å². The van der Waals surface area contributed by atoms with Gasteiger partial charge in [0.15, 0.2) is 0 Å². The summed E-state index contributed by atoms with van der Waals surface area (Å²) in [6, 6.07) is 18.5. The lowest BCUT2D eigenvalue weighted by Crippen LogP contribution is -2.14. The predicted octanol–water partition coefficient (Wildman–Crippen LogP) is 3.85. The molecule has 2 aromatic heterocycles. The molecule has 6 nitrogen and oxygen atoms in total. The highest BCUT2D eigenvalue weighted by atomic mass is 16.4. The number of nitrogens with zero attached hydrogens (tertiary/aromatic N) is 3. The summed E-state index contributed by atoms with van der Waals surface area (Å²) in [5.74, 6) is 0.529. The Bertz CT molecular complexity index is 1070. The molecular formula is C19H14N4O2. The third-order valence-corrected chi connectivity index (χ3v) is 3.76. The Morgan fingerprint density at radius 2 is 1.76 bits per heavy atom. The Morgan fingerprint density at radius 3 is 2.60 bits per heavy atom. The first-order valence-electron chi connectivity index (χ1n) is 7.77. The number of pyridine rings is 1. The van der Waals surface area contributed by atoms with Crippen molar-refractivity contribution in [3.8, 4) is 11.5 Å². The van der Waals surface area contributed by atoms with E-state index in [9.17, 15) is 4.79 Å². The number of amides is 1. The van der Waals surface area contributed by atoms with Gasteiger partial charge in [-0.3, -0.25) is 4.79 Å². The molecule has 0 fully saturated rings. The molecular weight excluding hydrogens is 316 g/mol. The fourth-order valence-electron chi connectivity index (χ4n) is 2.56. The van der Waals surface area contributed by atoms with Crippen LogP contribution in [0.25, 0.3) is 22.4 Å². The monoisotopic (exact) mass is 330 g/mol. The van der Waals surface area contributed by atoms with Gasteiger partial charge in [0.25, 0.3) is 5.91 Å². The van der Waals surface area contributed by atoms with Crippen molar-refractivity contribution in [1.82, 2.24) is 15.2 Å². The molecule has 0 unspecified atom stereocenters. The smallest absolute Gasteiger partial charge is 0.274 e. The van der Waals surface area contributed by atoms with Gasteiger partial charge in [0.1, 0.15) is 5.69 Å². The summed E-state index contributed by atoms with van der Waals surface area (Å²) in [5.41, 5.74) is 2.37. The van der Waals surface area contributed by atoms with Gasteiger partial charge in [0.05, 0.1) is 16.8 Å². The van der Waals surface area contributed by atoms with Gasteiger partial charge in [-0.25, -0.2) is 4.98 Å². The lowest BCUT2D eigenvalue weighted by Gasteiger charge is -2.08. The van der Waals surface area contributed by atoms with Crippen LogP contribution in [0, 0.1) is 6.92 Å². The number of hydrogen-bond donors (Lipinski definition) is 1. The standard InChI is InChI=1S/C19H14N4O2/c1-12-22-23-19(25-12)14-7-3-5-9-16(14)21-18(24)17-11-10-13-6-2-4-8-15(13)20-17/h2-11H,1H3,(H,21,24). The van der Waals surface area contributed by atoms with Crippen molar-refractivity contribution in [2.75, 3.05) is 5.32 Å². The van der Waals surface area contributed by atoms with Crippen LogP contribution in [0.4, 0.5) is 5.69 Å². The van der Waals surface area contributed by atoms with Crippen LogP contribution in [-0.4, -0.2) is 21.1 Å². The number of carbonyl (C=O) groups excluding carboxylic acids is 1. The quantitative estimate of drug-likeness (QED) is 0.617. The molecule has 2 heterocycles. The van der Waals surface area contributed by atoms with Gasteiger partial charge in [0, 0.05) is 12.3 Å². The number of aryl methyl sites for hydroxylation is 1. The molecule has 0 aliphatic heterocycles. The molecule has 6 heteroatoms. The first-order valence-corrected chi connectivity index (χ1v) is 7.77. The van der Waals surface area contributed by atoms with Crippen LogP contribution in [0.3, 0.4) is 0 Å². The number of nitrogens with one attached hydrogen (secondary N) is 1. The van der Waals surface area contributed by atoms with Gasteiger partial charge in [-0.15, -0.1) is 10.2 Å². The van der Waals surface area contributed by atoms with Crippen LogP contribution in [0.1, 0.15) is 16.4 Å². The number of aromatic nitrogens is 3. The van der Waals surface area contributed by atoms with Crippen LogP contribution in [0.2, 0.25) is 0 Å². The summed E-state index contributed by atoms with van der Waals surface area (Å²) in [6.45, 7) is 1.72. The van der Waals surface area contributed by atoms with Crippen molar-refractivity contribution < 1.29 is 9.21 Å². The van der Waals surface area contributed by atoms with Crippen LogP contribution >= 0.6 is 0 Å². The maximum Gasteiger partial charge on any atom is 0.274 e. The molecule has 4 aromatic rings. The van der Waals surface area contributed by atoms with Gasteiger partial charge in [-0.2, -0.15) is 0 Å². The van der Waals surface area contributed by atoms with E-state index < -0.39 is 0 Å². The Balaban J connectivity index is 1.66. The number of fused-ring (bicyclic) bond motifs is 1. The average molecular weight is 330 g/mol. The zero-order valence-corrected chi connectivity index (χ0v) is 13.4. The molecule has 0 atom stereocenters. The third-order valence-electron chi connectivity index (χ3n) is 3.76. The Labute approximate surface area is 143 Å². The topological polar surface area (TPSA) is 80.9 Å². The molecule has 1 amide bonds. The highest BCUT2D eigenvalue weighted by Crippen LogP contribution is 2.27. The Hall–Kier alpha value is -3.54. The summed E-state index contributed by atoms with van der Waals surface area (Å²) < 4.78 is 5.47. The summed E-state index contributed by atoms with van der Waals surface area (Å²) in [5, 5.41) is 11.7. The summed E-state index contributed by atoms with van der Waals surface area (Å²) >= 11 is 0. The van der Waals surface area contributed by atoms with E-state index in [0.29, 0.717) is 28.7 Å². The van der Waals surface area contributed by atoms with Gasteiger partial charge in [-0.05, 0) is 24.3 Å². The van der Waals surface area contributed by atoms with E-state index in [4.69, 9.17) is 4.42 Å². The molecule has 4 rings (SSSR count). The molecule has 0 radical (unpaired) electrons. The Kier molecular flexibility index (Phi) is 3.70. The van der Waals surface area contributed by atoms with Crippen molar-refractivity contribution in [3.05, 3.63) is 72.2 Å².